The van der Waals surface area contributed by atoms with Gasteiger partial charge in [-0.25, -0.2) is 12.8 Å². The number of amides is 1. The van der Waals surface area contributed by atoms with Crippen LogP contribution in [0.2, 0.25) is 0 Å². The number of nitrogens with one attached hydrogen (secondary N) is 1. The fraction of sp³-hybridized carbons (Fsp3) is 0.250. The number of halogens is 1. The van der Waals surface area contributed by atoms with Crippen LogP contribution in [-0.2, 0) is 21.4 Å². The van der Waals surface area contributed by atoms with E-state index in [1.165, 1.54) is 25.1 Å². The maximum atomic E-state index is 13.6. The summed E-state index contributed by atoms with van der Waals surface area (Å²) in [6, 6.07) is 11.5. The van der Waals surface area contributed by atoms with Crippen LogP contribution in [0.15, 0.2) is 53.1 Å². The summed E-state index contributed by atoms with van der Waals surface area (Å²) in [5.74, 6) is -0.657. The summed E-state index contributed by atoms with van der Waals surface area (Å²) in [4.78, 5) is 16.8. The molecule has 0 saturated heterocycles. The molecule has 0 radical (unpaired) electrons. The smallest absolute Gasteiger partial charge is 0.246 e. The van der Waals surface area contributed by atoms with Crippen molar-refractivity contribution in [2.24, 2.45) is 0 Å². The van der Waals surface area contributed by atoms with E-state index in [4.69, 9.17) is 4.52 Å². The quantitative estimate of drug-likeness (QED) is 0.615. The van der Waals surface area contributed by atoms with Crippen molar-refractivity contribution in [1.82, 2.24) is 15.5 Å². The molecule has 8 nitrogen and oxygen atoms in total. The Hall–Kier alpha value is -3.27. The summed E-state index contributed by atoms with van der Waals surface area (Å²) < 4.78 is 44.0. The molecular formula is C20H21FN4O4S. The van der Waals surface area contributed by atoms with Crippen LogP contribution < -0.4 is 9.62 Å². The topological polar surface area (TPSA) is 105 Å². The van der Waals surface area contributed by atoms with Gasteiger partial charge in [0.25, 0.3) is 0 Å². The van der Waals surface area contributed by atoms with Gasteiger partial charge in [-0.1, -0.05) is 41.1 Å². The minimum Gasteiger partial charge on any atom is -0.345 e. The lowest BCUT2D eigenvalue weighted by Gasteiger charge is -2.28. The molecule has 0 aliphatic heterocycles. The Kier molecular flexibility index (Phi) is 6.16. The molecule has 0 saturated carbocycles. The number of anilines is 1. The Morgan fingerprint density at radius 3 is 2.57 bits per heavy atom. The zero-order valence-corrected chi connectivity index (χ0v) is 17.5. The van der Waals surface area contributed by atoms with Gasteiger partial charge in [0, 0.05) is 5.56 Å². The first-order chi connectivity index (χ1) is 14.1. The van der Waals surface area contributed by atoms with Gasteiger partial charge < -0.3 is 9.84 Å². The van der Waals surface area contributed by atoms with Gasteiger partial charge in [-0.3, -0.25) is 9.10 Å². The fourth-order valence-corrected chi connectivity index (χ4v) is 4.05. The number of nitrogens with zero attached hydrogens (tertiary/aromatic N) is 3. The molecule has 10 heteroatoms. The highest BCUT2D eigenvalue weighted by Crippen LogP contribution is 2.22. The largest absolute Gasteiger partial charge is 0.345 e. The molecule has 3 aromatic rings. The third kappa shape index (κ3) is 5.01. The second-order valence-corrected chi connectivity index (χ2v) is 8.67. The maximum Gasteiger partial charge on any atom is 0.246 e. The summed E-state index contributed by atoms with van der Waals surface area (Å²) in [5.41, 5.74) is 1.92. The molecule has 3 rings (SSSR count). The first kappa shape index (κ1) is 21.4. The highest BCUT2D eigenvalue weighted by Gasteiger charge is 2.29. The van der Waals surface area contributed by atoms with Crippen molar-refractivity contribution in [2.45, 2.75) is 26.4 Å². The zero-order chi connectivity index (χ0) is 21.9. The van der Waals surface area contributed by atoms with E-state index >= 15 is 0 Å². The highest BCUT2D eigenvalue weighted by atomic mass is 32.2. The molecule has 1 atom stereocenters. The summed E-state index contributed by atoms with van der Waals surface area (Å²) in [5, 5.41) is 6.46. The molecule has 1 N–H and O–H groups in total. The van der Waals surface area contributed by atoms with E-state index < -0.39 is 27.8 Å². The standard InChI is InChI=1S/C20H21FN4O4S/c1-13-7-9-15(10-8-13)19-23-18(29-24-19)12-22-20(26)14(2)25(30(3,27)28)17-6-4-5-16(21)11-17/h4-11,14H,12H2,1-3H3,(H,22,26)/t14-/m1/s1. The van der Waals surface area contributed by atoms with Crippen molar-refractivity contribution < 1.29 is 22.1 Å². The van der Waals surface area contributed by atoms with Gasteiger partial charge in [-0.15, -0.1) is 0 Å². The van der Waals surface area contributed by atoms with Gasteiger partial charge in [0.2, 0.25) is 27.6 Å². The fourth-order valence-electron chi connectivity index (χ4n) is 2.88. The van der Waals surface area contributed by atoms with Crippen molar-refractivity contribution in [3.8, 4) is 11.4 Å². The number of rotatable bonds is 7. The Morgan fingerprint density at radius 2 is 1.93 bits per heavy atom. The third-order valence-electron chi connectivity index (χ3n) is 4.34. The van der Waals surface area contributed by atoms with Gasteiger partial charge in [0.1, 0.15) is 11.9 Å². The number of benzene rings is 2. The monoisotopic (exact) mass is 432 g/mol. The van der Waals surface area contributed by atoms with E-state index in [9.17, 15) is 17.6 Å². The Labute approximate surface area is 173 Å². The lowest BCUT2D eigenvalue weighted by Crippen LogP contribution is -2.47. The third-order valence-corrected chi connectivity index (χ3v) is 5.58. The molecule has 1 amide bonds. The molecule has 0 fully saturated rings. The van der Waals surface area contributed by atoms with Gasteiger partial charge in [-0.2, -0.15) is 4.98 Å². The van der Waals surface area contributed by atoms with Crippen LogP contribution >= 0.6 is 0 Å². The molecular weight excluding hydrogens is 411 g/mol. The van der Waals surface area contributed by atoms with Crippen molar-refractivity contribution in [2.75, 3.05) is 10.6 Å². The van der Waals surface area contributed by atoms with Gasteiger partial charge in [0.05, 0.1) is 18.5 Å². The summed E-state index contributed by atoms with van der Waals surface area (Å²) in [6.45, 7) is 3.29. The van der Waals surface area contributed by atoms with Crippen molar-refractivity contribution in [3.05, 3.63) is 65.8 Å². The highest BCUT2D eigenvalue weighted by molar-refractivity contribution is 7.92. The van der Waals surface area contributed by atoms with E-state index in [1.807, 2.05) is 31.2 Å². The Bertz CT molecular complexity index is 1150. The van der Waals surface area contributed by atoms with Crippen molar-refractivity contribution >= 4 is 21.6 Å². The van der Waals surface area contributed by atoms with Crippen molar-refractivity contribution in [1.29, 1.82) is 0 Å². The van der Waals surface area contributed by atoms with Crippen molar-refractivity contribution in [3.63, 3.8) is 0 Å². The van der Waals surface area contributed by atoms with Gasteiger partial charge in [-0.05, 0) is 32.0 Å². The van der Waals surface area contributed by atoms with Crippen LogP contribution in [0.1, 0.15) is 18.4 Å². The molecule has 0 aliphatic carbocycles. The van der Waals surface area contributed by atoms with Crippen LogP contribution in [0.3, 0.4) is 0 Å². The minimum absolute atomic E-state index is 0.0552. The number of carbonyl (C=O) groups is 1. The first-order valence-electron chi connectivity index (χ1n) is 9.07. The number of hydrogen-bond acceptors (Lipinski definition) is 6. The Morgan fingerprint density at radius 1 is 1.23 bits per heavy atom. The lowest BCUT2D eigenvalue weighted by atomic mass is 10.1. The number of aryl methyl sites for hydroxylation is 1. The van der Waals surface area contributed by atoms with E-state index in [2.05, 4.69) is 15.5 Å². The number of carbonyl (C=O) groups excluding carboxylic acids is 1. The van der Waals surface area contributed by atoms with E-state index in [-0.39, 0.29) is 18.1 Å². The molecule has 1 aromatic heterocycles. The summed E-state index contributed by atoms with van der Waals surface area (Å²) >= 11 is 0. The summed E-state index contributed by atoms with van der Waals surface area (Å²) in [7, 11) is -3.84. The second kappa shape index (κ2) is 8.62. The number of sulfonamides is 1. The van der Waals surface area contributed by atoms with Gasteiger partial charge >= 0.3 is 0 Å². The predicted molar refractivity (Wildman–Crippen MR) is 110 cm³/mol. The molecule has 2 aromatic carbocycles. The Balaban J connectivity index is 1.71. The summed E-state index contributed by atoms with van der Waals surface area (Å²) in [6.07, 6.45) is 0.952. The lowest BCUT2D eigenvalue weighted by molar-refractivity contribution is -0.122. The molecule has 0 bridgehead atoms. The van der Waals surface area contributed by atoms with E-state index in [0.717, 1.165) is 27.8 Å². The molecule has 0 unspecified atom stereocenters. The average molecular weight is 432 g/mol. The molecule has 0 aliphatic rings. The minimum atomic E-state index is -3.84. The predicted octanol–water partition coefficient (Wildman–Crippen LogP) is 2.66. The van der Waals surface area contributed by atoms with Crippen LogP contribution in [0, 0.1) is 12.7 Å². The maximum absolute atomic E-state index is 13.6. The average Bonchev–Trinajstić information content (AvgIpc) is 3.14. The second-order valence-electron chi connectivity index (χ2n) is 6.81. The van der Waals surface area contributed by atoms with Gasteiger partial charge in [0.15, 0.2) is 0 Å². The first-order valence-corrected chi connectivity index (χ1v) is 10.9. The van der Waals surface area contributed by atoms with Crippen LogP contribution in [0.5, 0.6) is 0 Å². The van der Waals surface area contributed by atoms with E-state index in [0.29, 0.717) is 5.82 Å². The SMILES string of the molecule is Cc1ccc(-c2noc(CNC(=O)[C@@H](C)N(c3cccc(F)c3)S(C)(=O)=O)n2)cc1. The number of aromatic nitrogens is 2. The molecule has 158 valence electrons. The molecule has 0 spiro atoms. The normalized spacial score (nSPS) is 12.4. The van der Waals surface area contributed by atoms with E-state index in [1.54, 1.807) is 0 Å². The van der Waals surface area contributed by atoms with Crippen LogP contribution in [-0.4, -0.2) is 36.8 Å². The van der Waals surface area contributed by atoms with Crippen LogP contribution in [0.4, 0.5) is 10.1 Å². The molecule has 1 heterocycles. The number of hydrogen-bond donors (Lipinski definition) is 1. The zero-order valence-electron chi connectivity index (χ0n) is 16.7. The van der Waals surface area contributed by atoms with Crippen LogP contribution in [0.25, 0.3) is 11.4 Å². The molecule has 30 heavy (non-hydrogen) atoms.